The van der Waals surface area contributed by atoms with E-state index in [4.69, 9.17) is 0 Å². The van der Waals surface area contributed by atoms with Crippen molar-refractivity contribution in [1.29, 1.82) is 0 Å². The molecule has 2 N–H and O–H groups in total. The number of fused-ring (bicyclic) bond motifs is 1. The van der Waals surface area contributed by atoms with E-state index in [0.717, 1.165) is 17.4 Å². The molecule has 0 spiro atoms. The van der Waals surface area contributed by atoms with E-state index >= 15 is 0 Å². The number of nitrogens with zero attached hydrogens (tertiary/aromatic N) is 3. The van der Waals surface area contributed by atoms with Crippen molar-refractivity contribution < 1.29 is 19.6 Å². The highest BCUT2D eigenvalue weighted by Crippen LogP contribution is 2.30. The second-order valence-electron chi connectivity index (χ2n) is 8.14. The summed E-state index contributed by atoms with van der Waals surface area (Å²) in [5.41, 5.74) is 2.50. The smallest absolute Gasteiger partial charge is 0.279 e. The molecular formula is C24H29BrN4O5. The number of carbonyl (C=O) groups is 2. The molecule has 0 aliphatic rings. The minimum atomic E-state index is -0.391. The van der Waals surface area contributed by atoms with Gasteiger partial charge in [-0.1, -0.05) is 18.2 Å². The van der Waals surface area contributed by atoms with Crippen molar-refractivity contribution in [2.45, 2.75) is 25.3 Å². The fourth-order valence-electron chi connectivity index (χ4n) is 3.52. The lowest BCUT2D eigenvalue weighted by Gasteiger charge is -2.26. The quantitative estimate of drug-likeness (QED) is 0.257. The molecule has 182 valence electrons. The van der Waals surface area contributed by atoms with Crippen LogP contribution in [0.25, 0.3) is 10.9 Å². The average Bonchev–Trinajstić information content (AvgIpc) is 3.21. The van der Waals surface area contributed by atoms with Gasteiger partial charge in [0.15, 0.2) is 0 Å². The summed E-state index contributed by atoms with van der Waals surface area (Å²) in [6.45, 7) is 0. The number of hydrogen-bond acceptors (Lipinski definition) is 6. The Morgan fingerprint density at radius 3 is 2.44 bits per heavy atom. The molecule has 0 saturated carbocycles. The molecule has 0 radical (unpaired) electrons. The number of phenolic OH excluding ortho intramolecular Hbond substituents is 1. The summed E-state index contributed by atoms with van der Waals surface area (Å²) in [6.07, 6.45) is 4.18. The van der Waals surface area contributed by atoms with Gasteiger partial charge in [-0.05, 0) is 66.1 Å². The Morgan fingerprint density at radius 2 is 1.85 bits per heavy atom. The highest BCUT2D eigenvalue weighted by Gasteiger charge is 2.26. The normalized spacial score (nSPS) is 11.6. The van der Waals surface area contributed by atoms with Gasteiger partial charge in [0.1, 0.15) is 12.0 Å². The van der Waals surface area contributed by atoms with Crippen molar-refractivity contribution in [3.05, 3.63) is 68.3 Å². The van der Waals surface area contributed by atoms with Crippen LogP contribution in [-0.4, -0.2) is 71.2 Å². The Kier molecular flexibility index (Phi) is 9.76. The molecule has 0 aliphatic carbocycles. The average molecular weight is 533 g/mol. The highest BCUT2D eigenvalue weighted by molar-refractivity contribution is 9.10. The molecule has 1 aromatic heterocycles. The number of aromatic amines is 1. The van der Waals surface area contributed by atoms with Crippen LogP contribution in [0.3, 0.4) is 0 Å². The van der Waals surface area contributed by atoms with Crippen LogP contribution in [-0.2, 0) is 22.4 Å². The van der Waals surface area contributed by atoms with E-state index in [1.54, 1.807) is 44.6 Å². The molecule has 0 bridgehead atoms. The number of aldehydes is 1. The summed E-state index contributed by atoms with van der Waals surface area (Å²) in [5.74, 6) is 0.191. The number of H-pyrrole nitrogens is 1. The van der Waals surface area contributed by atoms with Gasteiger partial charge in [0.2, 0.25) is 5.91 Å². The van der Waals surface area contributed by atoms with Gasteiger partial charge in [-0.2, -0.15) is 0 Å². The van der Waals surface area contributed by atoms with Gasteiger partial charge in [-0.25, -0.2) is 0 Å². The lowest BCUT2D eigenvalue weighted by Crippen LogP contribution is -2.44. The Bertz CT molecular complexity index is 1160. The van der Waals surface area contributed by atoms with E-state index in [1.165, 1.54) is 11.0 Å². The van der Waals surface area contributed by atoms with Crippen molar-refractivity contribution >= 4 is 44.7 Å². The van der Waals surface area contributed by atoms with Crippen LogP contribution in [0.4, 0.5) is 5.69 Å². The van der Waals surface area contributed by atoms with Gasteiger partial charge in [-0.15, -0.1) is 0 Å². The number of hydrogen-bond donors (Lipinski definition) is 2. The third kappa shape index (κ3) is 6.64. The standard InChI is InChI=1S/C15H20N4O3.C9H9BrO2/c1-17(2)13(15(20)18(3)4)8-10-9-16-11-6-5-7-12(14(10)11)19(21)22;10-9-7(4-2-6-11)3-1-5-8(9)12/h5-7,9,13,16H,8H2,1-4H3;1,3,5-6,12H,2,4H2. The number of nitro groups is 1. The van der Waals surface area contributed by atoms with Gasteiger partial charge in [0.05, 0.1) is 26.3 Å². The van der Waals surface area contributed by atoms with E-state index < -0.39 is 4.92 Å². The number of nitro benzene ring substituents is 1. The number of carbonyl (C=O) groups excluding carboxylic acids is 2. The zero-order valence-corrected chi connectivity index (χ0v) is 21.2. The monoisotopic (exact) mass is 532 g/mol. The molecule has 1 atom stereocenters. The number of benzene rings is 2. The molecule has 9 nitrogen and oxygen atoms in total. The van der Waals surface area contributed by atoms with Crippen molar-refractivity contribution in [1.82, 2.24) is 14.8 Å². The van der Waals surface area contributed by atoms with Crippen molar-refractivity contribution in [3.8, 4) is 5.75 Å². The second kappa shape index (κ2) is 12.3. The van der Waals surface area contributed by atoms with Crippen LogP contribution >= 0.6 is 15.9 Å². The van der Waals surface area contributed by atoms with Crippen LogP contribution < -0.4 is 0 Å². The van der Waals surface area contributed by atoms with Crippen molar-refractivity contribution in [3.63, 3.8) is 0 Å². The summed E-state index contributed by atoms with van der Waals surface area (Å²) in [6, 6.07) is 9.81. The predicted molar refractivity (Wildman–Crippen MR) is 135 cm³/mol. The van der Waals surface area contributed by atoms with Gasteiger partial charge < -0.3 is 19.8 Å². The Hall–Kier alpha value is -3.24. The van der Waals surface area contributed by atoms with Gasteiger partial charge in [0.25, 0.3) is 5.69 Å². The molecule has 1 amide bonds. The summed E-state index contributed by atoms with van der Waals surface area (Å²) < 4.78 is 0.687. The van der Waals surface area contributed by atoms with E-state index in [9.17, 15) is 24.8 Å². The third-order valence-corrected chi connectivity index (χ3v) is 6.23. The predicted octanol–water partition coefficient (Wildman–Crippen LogP) is 3.92. The zero-order valence-electron chi connectivity index (χ0n) is 19.6. The topological polar surface area (TPSA) is 120 Å². The molecule has 1 unspecified atom stereocenters. The first-order chi connectivity index (χ1) is 16.1. The molecule has 34 heavy (non-hydrogen) atoms. The lowest BCUT2D eigenvalue weighted by molar-refractivity contribution is -0.383. The van der Waals surface area contributed by atoms with Crippen LogP contribution in [0.5, 0.6) is 5.75 Å². The summed E-state index contributed by atoms with van der Waals surface area (Å²) >= 11 is 3.24. The van der Waals surface area contributed by atoms with Crippen molar-refractivity contribution in [2.75, 3.05) is 28.2 Å². The van der Waals surface area contributed by atoms with E-state index in [-0.39, 0.29) is 23.4 Å². The van der Waals surface area contributed by atoms with Crippen molar-refractivity contribution in [2.24, 2.45) is 0 Å². The molecule has 2 aromatic carbocycles. The lowest BCUT2D eigenvalue weighted by atomic mass is 10.0. The number of halogens is 1. The molecule has 0 aliphatic heterocycles. The molecule has 1 heterocycles. The SMILES string of the molecule is CN(C)C(=O)C(Cc1c[nH]c2cccc([N+](=O)[O-])c12)N(C)C.O=CCCc1cccc(O)c1Br. The largest absolute Gasteiger partial charge is 0.507 e. The highest BCUT2D eigenvalue weighted by atomic mass is 79.9. The van der Waals surface area contributed by atoms with Gasteiger partial charge >= 0.3 is 0 Å². The molecule has 0 fully saturated rings. The number of aryl methyl sites for hydroxylation is 1. The number of likely N-dealkylation sites (N-methyl/N-ethyl adjacent to an activating group) is 2. The molecule has 0 saturated heterocycles. The summed E-state index contributed by atoms with van der Waals surface area (Å²) in [4.78, 5) is 39.7. The summed E-state index contributed by atoms with van der Waals surface area (Å²) in [5, 5.41) is 21.1. The van der Waals surface area contributed by atoms with Gasteiger partial charge in [-0.3, -0.25) is 19.8 Å². The van der Waals surface area contributed by atoms with E-state index in [0.29, 0.717) is 34.6 Å². The third-order valence-electron chi connectivity index (χ3n) is 5.31. The first-order valence-electron chi connectivity index (χ1n) is 10.6. The maximum absolute atomic E-state index is 12.3. The number of nitrogens with one attached hydrogen (secondary N) is 1. The van der Waals surface area contributed by atoms with Gasteiger partial charge in [0, 0.05) is 32.8 Å². The fraction of sp³-hybridized carbons (Fsp3) is 0.333. The summed E-state index contributed by atoms with van der Waals surface area (Å²) in [7, 11) is 7.07. The van der Waals surface area contributed by atoms with Crippen LogP contribution in [0.15, 0.2) is 47.1 Å². The van der Waals surface area contributed by atoms with Crippen LogP contribution in [0.2, 0.25) is 0 Å². The fourth-order valence-corrected chi connectivity index (χ4v) is 3.98. The first kappa shape index (κ1) is 27.0. The minimum absolute atomic E-state index is 0.0297. The Labute approximate surface area is 206 Å². The number of phenols is 1. The molecular weight excluding hydrogens is 504 g/mol. The molecule has 3 aromatic rings. The molecule has 3 rings (SSSR count). The number of amides is 1. The first-order valence-corrected chi connectivity index (χ1v) is 11.4. The number of non-ortho nitro benzene ring substituents is 1. The second-order valence-corrected chi connectivity index (χ2v) is 8.94. The maximum Gasteiger partial charge on any atom is 0.279 e. The maximum atomic E-state index is 12.3. The van der Waals surface area contributed by atoms with Crippen LogP contribution in [0.1, 0.15) is 17.5 Å². The Morgan fingerprint density at radius 1 is 1.18 bits per heavy atom. The van der Waals surface area contributed by atoms with E-state index in [1.807, 2.05) is 25.1 Å². The van der Waals surface area contributed by atoms with E-state index in [2.05, 4.69) is 20.9 Å². The number of aromatic nitrogens is 1. The van der Waals surface area contributed by atoms with Crippen LogP contribution in [0, 0.1) is 10.1 Å². The number of rotatable bonds is 8. The Balaban J connectivity index is 0.000000287. The zero-order chi connectivity index (χ0) is 25.4. The minimum Gasteiger partial charge on any atom is -0.507 e. The molecule has 10 heteroatoms. The number of aromatic hydroxyl groups is 1.